The van der Waals surface area contributed by atoms with Crippen LogP contribution in [0.2, 0.25) is 5.02 Å². The first-order valence-corrected chi connectivity index (χ1v) is 8.64. The molecule has 0 saturated carbocycles. The minimum atomic E-state index is 0.155. The summed E-state index contributed by atoms with van der Waals surface area (Å²) in [6.07, 6.45) is 1.09. The third kappa shape index (κ3) is 4.61. The number of nitrogens with zero attached hydrogens (tertiary/aromatic N) is 2. The van der Waals surface area contributed by atoms with Gasteiger partial charge < -0.3 is 9.64 Å². The molecule has 0 bridgehead atoms. The highest BCUT2D eigenvalue weighted by molar-refractivity contribution is 6.32. The Labute approximate surface area is 140 Å². The summed E-state index contributed by atoms with van der Waals surface area (Å²) < 4.78 is 5.88. The first-order chi connectivity index (χ1) is 10.4. The molecule has 0 spiro atoms. The molecular formula is C18H29ClN2O. The molecule has 1 fully saturated rings. The highest BCUT2D eigenvalue weighted by Gasteiger charge is 2.19. The summed E-state index contributed by atoms with van der Waals surface area (Å²) in [4.78, 5) is 4.81. The van der Waals surface area contributed by atoms with Gasteiger partial charge >= 0.3 is 0 Å². The molecule has 1 aromatic carbocycles. The van der Waals surface area contributed by atoms with Gasteiger partial charge in [-0.3, -0.25) is 4.90 Å². The summed E-state index contributed by atoms with van der Waals surface area (Å²) in [7, 11) is 2.17. The Bertz CT molecular complexity index is 482. The SMILES string of the molecule is CCC(C)(C)c1ccc(OCCN2CCN(C)CC2)c(Cl)c1. The lowest BCUT2D eigenvalue weighted by molar-refractivity contribution is 0.134. The Hall–Kier alpha value is -0.770. The second-order valence-electron chi connectivity index (χ2n) is 6.88. The molecule has 1 aliphatic rings. The standard InChI is InChI=1S/C18H29ClN2O/c1-5-18(2,3)15-6-7-17(16(19)14-15)22-13-12-21-10-8-20(4)9-11-21/h6-7,14H,5,8-13H2,1-4H3. The molecule has 124 valence electrons. The fraction of sp³-hybridized carbons (Fsp3) is 0.667. The van der Waals surface area contributed by atoms with Gasteiger partial charge in [0.05, 0.1) is 5.02 Å². The third-order valence-electron chi connectivity index (χ3n) is 4.86. The van der Waals surface area contributed by atoms with Crippen molar-refractivity contribution in [3.63, 3.8) is 0 Å². The van der Waals surface area contributed by atoms with Crippen LogP contribution >= 0.6 is 11.6 Å². The third-order valence-corrected chi connectivity index (χ3v) is 5.15. The molecule has 0 radical (unpaired) electrons. The van der Waals surface area contributed by atoms with Gasteiger partial charge in [-0.25, -0.2) is 0 Å². The van der Waals surface area contributed by atoms with E-state index in [0.717, 1.165) is 49.9 Å². The number of ether oxygens (including phenoxy) is 1. The van der Waals surface area contributed by atoms with Crippen molar-refractivity contribution in [1.29, 1.82) is 0 Å². The van der Waals surface area contributed by atoms with Crippen molar-refractivity contribution in [2.75, 3.05) is 46.4 Å². The van der Waals surface area contributed by atoms with Crippen LogP contribution in [0.15, 0.2) is 18.2 Å². The Morgan fingerprint density at radius 2 is 1.86 bits per heavy atom. The normalized spacial score (nSPS) is 17.7. The second kappa shape index (κ2) is 7.67. The van der Waals surface area contributed by atoms with Gasteiger partial charge in [-0.15, -0.1) is 0 Å². The van der Waals surface area contributed by atoms with Gasteiger partial charge in [0.2, 0.25) is 0 Å². The van der Waals surface area contributed by atoms with Crippen molar-refractivity contribution < 1.29 is 4.74 Å². The quantitative estimate of drug-likeness (QED) is 0.794. The first kappa shape index (κ1) is 17.6. The molecule has 0 N–H and O–H groups in total. The van der Waals surface area contributed by atoms with Gasteiger partial charge in [0, 0.05) is 32.7 Å². The molecule has 3 nitrogen and oxygen atoms in total. The van der Waals surface area contributed by atoms with E-state index in [2.05, 4.69) is 49.8 Å². The lowest BCUT2D eigenvalue weighted by atomic mass is 9.82. The van der Waals surface area contributed by atoms with Crippen LogP contribution in [0.4, 0.5) is 0 Å². The molecule has 1 aromatic rings. The second-order valence-corrected chi connectivity index (χ2v) is 7.28. The molecule has 2 rings (SSSR count). The summed E-state index contributed by atoms with van der Waals surface area (Å²) in [6.45, 7) is 12.9. The minimum Gasteiger partial charge on any atom is -0.491 e. The maximum Gasteiger partial charge on any atom is 0.137 e. The molecule has 0 unspecified atom stereocenters. The molecule has 0 atom stereocenters. The summed E-state index contributed by atoms with van der Waals surface area (Å²) >= 11 is 6.39. The van der Waals surface area contributed by atoms with Gasteiger partial charge in [-0.05, 0) is 36.6 Å². The maximum absolute atomic E-state index is 6.39. The Balaban J connectivity index is 1.86. The average Bonchev–Trinajstić information content (AvgIpc) is 2.50. The lowest BCUT2D eigenvalue weighted by Gasteiger charge is -2.32. The largest absolute Gasteiger partial charge is 0.491 e. The van der Waals surface area contributed by atoms with Crippen molar-refractivity contribution >= 4 is 11.6 Å². The van der Waals surface area contributed by atoms with Crippen LogP contribution in [-0.4, -0.2) is 56.2 Å². The van der Waals surface area contributed by atoms with Crippen molar-refractivity contribution in [2.24, 2.45) is 0 Å². The summed E-state index contributed by atoms with van der Waals surface area (Å²) in [6, 6.07) is 6.20. The van der Waals surface area contributed by atoms with Gasteiger partial charge in [0.25, 0.3) is 0 Å². The molecule has 1 saturated heterocycles. The minimum absolute atomic E-state index is 0.155. The number of rotatable bonds is 6. The van der Waals surface area contributed by atoms with Crippen molar-refractivity contribution in [2.45, 2.75) is 32.6 Å². The van der Waals surface area contributed by atoms with E-state index in [0.29, 0.717) is 6.61 Å². The van der Waals surface area contributed by atoms with E-state index < -0.39 is 0 Å². The van der Waals surface area contributed by atoms with E-state index in [1.807, 2.05) is 6.07 Å². The van der Waals surface area contributed by atoms with Gasteiger partial charge in [-0.1, -0.05) is 38.4 Å². The fourth-order valence-electron chi connectivity index (χ4n) is 2.60. The van der Waals surface area contributed by atoms with E-state index in [9.17, 15) is 0 Å². The average molecular weight is 325 g/mol. The number of halogens is 1. The molecule has 0 aromatic heterocycles. The van der Waals surface area contributed by atoms with E-state index in [1.165, 1.54) is 5.56 Å². The first-order valence-electron chi connectivity index (χ1n) is 8.26. The lowest BCUT2D eigenvalue weighted by Crippen LogP contribution is -2.45. The summed E-state index contributed by atoms with van der Waals surface area (Å²) in [5.74, 6) is 0.798. The maximum atomic E-state index is 6.39. The number of hydrogen-bond acceptors (Lipinski definition) is 3. The Morgan fingerprint density at radius 1 is 1.18 bits per heavy atom. The topological polar surface area (TPSA) is 15.7 Å². The number of likely N-dealkylation sites (N-methyl/N-ethyl adjacent to an activating group) is 1. The van der Waals surface area contributed by atoms with Gasteiger partial charge in [-0.2, -0.15) is 0 Å². The van der Waals surface area contributed by atoms with Gasteiger partial charge in [0.1, 0.15) is 12.4 Å². The molecule has 4 heteroatoms. The number of benzene rings is 1. The van der Waals surface area contributed by atoms with Crippen molar-refractivity contribution in [3.8, 4) is 5.75 Å². The zero-order chi connectivity index (χ0) is 16.2. The molecule has 1 aliphatic heterocycles. The summed E-state index contributed by atoms with van der Waals surface area (Å²) in [5, 5.41) is 0.720. The van der Waals surface area contributed by atoms with Crippen LogP contribution in [0.1, 0.15) is 32.8 Å². The van der Waals surface area contributed by atoms with Crippen LogP contribution < -0.4 is 4.74 Å². The fourth-order valence-corrected chi connectivity index (χ4v) is 2.83. The van der Waals surface area contributed by atoms with E-state index >= 15 is 0 Å². The number of piperazine rings is 1. The van der Waals surface area contributed by atoms with Crippen LogP contribution in [-0.2, 0) is 5.41 Å². The Kier molecular flexibility index (Phi) is 6.13. The van der Waals surface area contributed by atoms with Crippen LogP contribution in [0.3, 0.4) is 0 Å². The molecule has 0 aliphatic carbocycles. The number of hydrogen-bond donors (Lipinski definition) is 0. The van der Waals surface area contributed by atoms with E-state index in [1.54, 1.807) is 0 Å². The summed E-state index contributed by atoms with van der Waals surface area (Å²) in [5.41, 5.74) is 1.42. The Morgan fingerprint density at radius 3 is 2.45 bits per heavy atom. The highest BCUT2D eigenvalue weighted by Crippen LogP contribution is 2.33. The van der Waals surface area contributed by atoms with E-state index in [4.69, 9.17) is 16.3 Å². The zero-order valence-corrected chi connectivity index (χ0v) is 15.1. The highest BCUT2D eigenvalue weighted by atomic mass is 35.5. The van der Waals surface area contributed by atoms with Gasteiger partial charge in [0.15, 0.2) is 0 Å². The van der Waals surface area contributed by atoms with Crippen molar-refractivity contribution in [1.82, 2.24) is 9.80 Å². The van der Waals surface area contributed by atoms with Crippen LogP contribution in [0, 0.1) is 0 Å². The molecular weight excluding hydrogens is 296 g/mol. The molecule has 1 heterocycles. The van der Waals surface area contributed by atoms with Crippen LogP contribution in [0.25, 0.3) is 0 Å². The molecule has 22 heavy (non-hydrogen) atoms. The van der Waals surface area contributed by atoms with Crippen molar-refractivity contribution in [3.05, 3.63) is 28.8 Å². The molecule has 0 amide bonds. The predicted molar refractivity (Wildman–Crippen MR) is 94.2 cm³/mol. The smallest absolute Gasteiger partial charge is 0.137 e. The monoisotopic (exact) mass is 324 g/mol. The zero-order valence-electron chi connectivity index (χ0n) is 14.4. The predicted octanol–water partition coefficient (Wildman–Crippen LogP) is 3.65. The van der Waals surface area contributed by atoms with Crippen LogP contribution in [0.5, 0.6) is 5.75 Å². The van der Waals surface area contributed by atoms with E-state index in [-0.39, 0.29) is 5.41 Å².